The quantitative estimate of drug-likeness (QED) is 0.248. The van der Waals surface area contributed by atoms with Crippen molar-refractivity contribution in [1.82, 2.24) is 0 Å². The van der Waals surface area contributed by atoms with Crippen LogP contribution < -0.4 is 0 Å². The van der Waals surface area contributed by atoms with Crippen LogP contribution in [0, 0.1) is 34.5 Å². The highest BCUT2D eigenvalue weighted by Crippen LogP contribution is 2.77. The highest BCUT2D eigenvalue weighted by atomic mass is 16.7. The average molecular weight is 493 g/mol. The van der Waals surface area contributed by atoms with Crippen LogP contribution in [0.3, 0.4) is 0 Å². The van der Waals surface area contributed by atoms with Gasteiger partial charge in [-0.05, 0) is 50.0 Å². The third-order valence-electron chi connectivity index (χ3n) is 10.1. The molecular formula is C25H32O10. The Kier molecular flexibility index (Phi) is 4.96. The minimum atomic E-state index is -1.74. The maximum atomic E-state index is 14.0. The number of hydrogen-bond acceptors (Lipinski definition) is 10. The van der Waals surface area contributed by atoms with Crippen LogP contribution in [0.15, 0.2) is 24.3 Å². The second-order valence-electron chi connectivity index (χ2n) is 11.5. The smallest absolute Gasteiger partial charge is 0.316 e. The number of hydrogen-bond donors (Lipinski definition) is 5. The molecule has 3 saturated carbocycles. The molecule has 2 aliphatic heterocycles. The Balaban J connectivity index is 1.42. The fourth-order valence-corrected chi connectivity index (χ4v) is 8.48. The fourth-order valence-electron chi connectivity index (χ4n) is 8.48. The summed E-state index contributed by atoms with van der Waals surface area (Å²) in [6.45, 7) is 5.23. The molecule has 2 saturated heterocycles. The number of esters is 2. The molecule has 6 rings (SSSR count). The monoisotopic (exact) mass is 492 g/mol. The van der Waals surface area contributed by atoms with Crippen LogP contribution in [0.1, 0.15) is 32.6 Å². The zero-order valence-corrected chi connectivity index (χ0v) is 19.4. The summed E-state index contributed by atoms with van der Waals surface area (Å²) in [7, 11) is 0. The number of ether oxygens (including phenoxy) is 3. The summed E-state index contributed by atoms with van der Waals surface area (Å²) in [5.74, 6) is -2.78. The van der Waals surface area contributed by atoms with Crippen LogP contribution in [-0.4, -0.2) is 86.5 Å². The lowest BCUT2D eigenvalue weighted by molar-refractivity contribution is -0.295. The molecule has 2 heterocycles. The SMILES string of the molecule is C=C1C[C@]23C[C@H]1CC[C@H]2[C@@]12C=C[C@H](O)[C@@](C)(C(=O)O1)[C@H]2[C@@H]3C(=O)O[C@@H]1O[C@H](CO)[C@@H](O)[C@H](O)[C@H]1O. The van der Waals surface area contributed by atoms with E-state index in [0.717, 1.165) is 18.4 Å². The summed E-state index contributed by atoms with van der Waals surface area (Å²) in [5.41, 5.74) is -1.98. The molecule has 192 valence electrons. The van der Waals surface area contributed by atoms with Gasteiger partial charge in [0.25, 0.3) is 0 Å². The van der Waals surface area contributed by atoms with Crippen LogP contribution in [0.4, 0.5) is 0 Å². The van der Waals surface area contributed by atoms with Crippen LogP contribution in [0.25, 0.3) is 0 Å². The molecule has 10 heteroatoms. The first-order valence-electron chi connectivity index (χ1n) is 12.3. The van der Waals surface area contributed by atoms with Crippen molar-refractivity contribution < 1.29 is 49.3 Å². The van der Waals surface area contributed by atoms with Crippen molar-refractivity contribution in [2.45, 2.75) is 75.0 Å². The van der Waals surface area contributed by atoms with E-state index in [1.54, 1.807) is 19.1 Å². The van der Waals surface area contributed by atoms with Crippen molar-refractivity contribution in [2.24, 2.45) is 34.5 Å². The van der Waals surface area contributed by atoms with Crippen molar-refractivity contribution in [1.29, 1.82) is 0 Å². The number of allylic oxidation sites excluding steroid dienone is 1. The fraction of sp³-hybridized carbons (Fsp3) is 0.760. The van der Waals surface area contributed by atoms with Crippen LogP contribution in [0.2, 0.25) is 0 Å². The molecule has 6 aliphatic rings. The zero-order valence-electron chi connectivity index (χ0n) is 19.4. The molecule has 0 unspecified atom stereocenters. The first kappa shape index (κ1) is 23.6. The van der Waals surface area contributed by atoms with E-state index < -0.39 is 83.6 Å². The van der Waals surface area contributed by atoms with E-state index in [1.807, 2.05) is 0 Å². The van der Waals surface area contributed by atoms with Gasteiger partial charge in [0.15, 0.2) is 0 Å². The minimum Gasteiger partial charge on any atom is -0.454 e. The van der Waals surface area contributed by atoms with Crippen molar-refractivity contribution in [3.05, 3.63) is 24.3 Å². The van der Waals surface area contributed by atoms with Gasteiger partial charge in [-0.1, -0.05) is 18.2 Å². The Labute approximate surface area is 202 Å². The molecule has 0 amide bonds. The van der Waals surface area contributed by atoms with Crippen LogP contribution in [-0.2, 0) is 23.8 Å². The van der Waals surface area contributed by atoms with Crippen molar-refractivity contribution in [3.63, 3.8) is 0 Å². The van der Waals surface area contributed by atoms with Gasteiger partial charge in [0.2, 0.25) is 6.29 Å². The highest BCUT2D eigenvalue weighted by Gasteiger charge is 2.82. The molecule has 4 bridgehead atoms. The molecule has 0 aromatic rings. The predicted molar refractivity (Wildman–Crippen MR) is 116 cm³/mol. The third-order valence-corrected chi connectivity index (χ3v) is 10.1. The second kappa shape index (κ2) is 7.36. The third kappa shape index (κ3) is 2.70. The first-order chi connectivity index (χ1) is 16.5. The first-order valence-corrected chi connectivity index (χ1v) is 12.3. The highest BCUT2D eigenvalue weighted by molar-refractivity contribution is 5.87. The Morgan fingerprint density at radius 2 is 1.94 bits per heavy atom. The standard InChI is InChI=1S/C25H32O10/c1-10-7-24-8-11(10)3-4-13(24)25-6-5-14(27)23(2,22(32)35-25)19(25)15(24)20(31)34-21-18(30)17(29)16(28)12(9-26)33-21/h5-6,11-19,21,26-30H,1,3-4,7-9H2,2H3/t11-,12-,13-,14+,15-,16-,17+,18-,19-,21+,23-,24+,25-/m1/s1. The minimum absolute atomic E-state index is 0.169. The van der Waals surface area contributed by atoms with E-state index in [1.165, 1.54) is 0 Å². The van der Waals surface area contributed by atoms with Crippen LogP contribution >= 0.6 is 0 Å². The van der Waals surface area contributed by atoms with Crippen molar-refractivity contribution in [3.8, 4) is 0 Å². The number of carbonyl (C=O) groups excluding carboxylic acids is 2. The molecular weight excluding hydrogens is 460 g/mol. The number of aliphatic hydroxyl groups is 5. The van der Waals surface area contributed by atoms with Gasteiger partial charge in [0.1, 0.15) is 35.4 Å². The maximum Gasteiger partial charge on any atom is 0.316 e. The summed E-state index contributed by atoms with van der Waals surface area (Å²) >= 11 is 0. The Hall–Kier alpha value is -1.82. The molecule has 1 spiro atoms. The summed E-state index contributed by atoms with van der Waals surface area (Å²) < 4.78 is 17.2. The van der Waals surface area contributed by atoms with E-state index in [9.17, 15) is 35.1 Å². The van der Waals surface area contributed by atoms with E-state index in [2.05, 4.69) is 6.58 Å². The molecule has 5 N–H and O–H groups in total. The van der Waals surface area contributed by atoms with E-state index in [4.69, 9.17) is 14.2 Å². The zero-order chi connectivity index (χ0) is 25.1. The maximum absolute atomic E-state index is 14.0. The number of carbonyl (C=O) groups is 2. The van der Waals surface area contributed by atoms with Gasteiger partial charge in [0, 0.05) is 11.8 Å². The van der Waals surface area contributed by atoms with Gasteiger partial charge in [-0.3, -0.25) is 9.59 Å². The number of aliphatic hydroxyl groups excluding tert-OH is 5. The average Bonchev–Trinajstić information content (AvgIpc) is 3.29. The van der Waals surface area contributed by atoms with E-state index in [-0.39, 0.29) is 11.8 Å². The summed E-state index contributed by atoms with van der Waals surface area (Å²) in [6, 6.07) is 0. The van der Waals surface area contributed by atoms with Gasteiger partial charge in [0.05, 0.1) is 18.6 Å². The molecule has 4 aliphatic carbocycles. The summed E-state index contributed by atoms with van der Waals surface area (Å²) in [5, 5.41) is 51.1. The summed E-state index contributed by atoms with van der Waals surface area (Å²) in [6.07, 6.45) is -2.81. The van der Waals surface area contributed by atoms with Crippen molar-refractivity contribution in [2.75, 3.05) is 6.61 Å². The Morgan fingerprint density at radius 1 is 1.20 bits per heavy atom. The van der Waals surface area contributed by atoms with Gasteiger partial charge >= 0.3 is 11.9 Å². The lowest BCUT2D eigenvalue weighted by Gasteiger charge is -2.43. The normalized spacial score (nSPS) is 55.9. The Morgan fingerprint density at radius 3 is 2.66 bits per heavy atom. The largest absolute Gasteiger partial charge is 0.454 e. The van der Waals surface area contributed by atoms with E-state index in [0.29, 0.717) is 12.8 Å². The van der Waals surface area contributed by atoms with Gasteiger partial charge in [-0.2, -0.15) is 0 Å². The lowest BCUT2D eigenvalue weighted by Crippen LogP contribution is -2.60. The second-order valence-corrected chi connectivity index (χ2v) is 11.5. The number of rotatable bonds is 3. The predicted octanol–water partition coefficient (Wildman–Crippen LogP) is -0.829. The van der Waals surface area contributed by atoms with E-state index >= 15 is 0 Å². The molecule has 0 aromatic carbocycles. The Bertz CT molecular complexity index is 1010. The van der Waals surface area contributed by atoms with Gasteiger partial charge < -0.3 is 39.7 Å². The van der Waals surface area contributed by atoms with Crippen LogP contribution in [0.5, 0.6) is 0 Å². The molecule has 0 aromatic heterocycles. The number of fused-ring (bicyclic) bond motifs is 1. The van der Waals surface area contributed by atoms with Gasteiger partial charge in [-0.25, -0.2) is 0 Å². The molecule has 13 atom stereocenters. The topological polar surface area (TPSA) is 163 Å². The molecule has 35 heavy (non-hydrogen) atoms. The molecule has 5 fully saturated rings. The summed E-state index contributed by atoms with van der Waals surface area (Å²) in [4.78, 5) is 27.2. The molecule has 0 radical (unpaired) electrons. The van der Waals surface area contributed by atoms with Crippen molar-refractivity contribution >= 4 is 11.9 Å². The molecule has 10 nitrogen and oxygen atoms in total. The van der Waals surface area contributed by atoms with Gasteiger partial charge in [-0.15, -0.1) is 0 Å². The lowest BCUT2D eigenvalue weighted by atomic mass is 9.61.